The number of benzene rings is 2. The molecular weight excluding hydrogens is 456 g/mol. The molecule has 1 aliphatic heterocycles. The van der Waals surface area contributed by atoms with Crippen molar-refractivity contribution in [2.75, 3.05) is 5.32 Å². The van der Waals surface area contributed by atoms with E-state index in [9.17, 15) is 14.4 Å². The van der Waals surface area contributed by atoms with Gasteiger partial charge in [-0.05, 0) is 67.3 Å². The molecule has 6 heteroatoms. The van der Waals surface area contributed by atoms with Crippen LogP contribution in [0.5, 0.6) is 0 Å². The van der Waals surface area contributed by atoms with Gasteiger partial charge in [-0.1, -0.05) is 46.3 Å². The average Bonchev–Trinajstić information content (AvgIpc) is 3.43. The predicted molar refractivity (Wildman–Crippen MR) is 121 cm³/mol. The van der Waals surface area contributed by atoms with E-state index in [1.165, 1.54) is 4.90 Å². The topological polar surface area (TPSA) is 66.5 Å². The number of carbonyl (C=O) groups excluding carboxylic acids is 3. The van der Waals surface area contributed by atoms with Crippen molar-refractivity contribution in [3.05, 3.63) is 64.1 Å². The Bertz CT molecular complexity index is 1030. The number of aryl methyl sites for hydroxylation is 1. The summed E-state index contributed by atoms with van der Waals surface area (Å²) in [6, 6.07) is 14.4. The lowest BCUT2D eigenvalue weighted by atomic mass is 9.81. The molecule has 5 nitrogen and oxygen atoms in total. The smallest absolute Gasteiger partial charge is 0.248 e. The van der Waals surface area contributed by atoms with Gasteiger partial charge in [-0.2, -0.15) is 0 Å². The van der Waals surface area contributed by atoms with Crippen LogP contribution in [-0.2, 0) is 20.8 Å². The molecule has 2 aromatic rings. The monoisotopic (exact) mass is 480 g/mol. The standard InChI is InChI=1S/C25H25BrN2O3/c1-14-11-18(26)9-10-19(14)27-23(29)20(12-15-5-3-2-4-6-15)28-24(30)21-16-7-8-17(13-16)22(21)25(28)31/h2-6,9-11,16-17,20-22H,7-8,12-13H2,1H3,(H,27,29)/t16-,17-,20-,21-,22-/m0/s1. The van der Waals surface area contributed by atoms with Crippen molar-refractivity contribution in [3.8, 4) is 0 Å². The van der Waals surface area contributed by atoms with Crippen LogP contribution in [0.1, 0.15) is 30.4 Å². The lowest BCUT2D eigenvalue weighted by molar-refractivity contribution is -0.147. The number of fused-ring (bicyclic) bond motifs is 5. The summed E-state index contributed by atoms with van der Waals surface area (Å²) >= 11 is 3.44. The van der Waals surface area contributed by atoms with Gasteiger partial charge in [-0.15, -0.1) is 0 Å². The highest BCUT2D eigenvalue weighted by Crippen LogP contribution is 2.56. The largest absolute Gasteiger partial charge is 0.324 e. The SMILES string of the molecule is Cc1cc(Br)ccc1NC(=O)[C@H](Cc1ccccc1)N1C(=O)[C@H]2[C@H]3CC[C@@H](C3)[C@@H]2C1=O. The molecule has 2 aliphatic carbocycles. The van der Waals surface area contributed by atoms with E-state index >= 15 is 0 Å². The second kappa shape index (κ2) is 7.90. The number of anilines is 1. The highest BCUT2D eigenvalue weighted by Gasteiger charge is 2.62. The van der Waals surface area contributed by atoms with Crippen molar-refractivity contribution < 1.29 is 14.4 Å². The fourth-order valence-electron chi connectivity index (χ4n) is 5.86. The van der Waals surface area contributed by atoms with Crippen LogP contribution in [0.3, 0.4) is 0 Å². The quantitative estimate of drug-likeness (QED) is 0.647. The molecule has 5 atom stereocenters. The molecule has 0 unspecified atom stereocenters. The van der Waals surface area contributed by atoms with Gasteiger partial charge in [0.25, 0.3) is 0 Å². The van der Waals surface area contributed by atoms with Crippen LogP contribution < -0.4 is 5.32 Å². The number of rotatable bonds is 5. The van der Waals surface area contributed by atoms with Crippen molar-refractivity contribution in [1.29, 1.82) is 0 Å². The van der Waals surface area contributed by atoms with E-state index in [4.69, 9.17) is 0 Å². The summed E-state index contributed by atoms with van der Waals surface area (Å²) in [7, 11) is 0. The maximum Gasteiger partial charge on any atom is 0.248 e. The first-order chi connectivity index (χ1) is 14.9. The minimum absolute atomic E-state index is 0.147. The number of hydrogen-bond acceptors (Lipinski definition) is 3. The first-order valence-electron chi connectivity index (χ1n) is 10.9. The summed E-state index contributed by atoms with van der Waals surface area (Å²) in [4.78, 5) is 41.6. The normalized spacial score (nSPS) is 27.5. The predicted octanol–water partition coefficient (Wildman–Crippen LogP) is 4.34. The highest BCUT2D eigenvalue weighted by atomic mass is 79.9. The van der Waals surface area contributed by atoms with Crippen molar-refractivity contribution in [2.45, 2.75) is 38.6 Å². The number of carbonyl (C=O) groups is 3. The lowest BCUT2D eigenvalue weighted by Gasteiger charge is -2.27. The van der Waals surface area contributed by atoms with Crippen LogP contribution in [0, 0.1) is 30.6 Å². The van der Waals surface area contributed by atoms with E-state index < -0.39 is 6.04 Å². The van der Waals surface area contributed by atoms with Crippen LogP contribution in [0.2, 0.25) is 0 Å². The molecule has 0 spiro atoms. The molecule has 0 radical (unpaired) electrons. The fourth-order valence-corrected chi connectivity index (χ4v) is 6.34. The van der Waals surface area contributed by atoms with Crippen molar-refractivity contribution >= 4 is 39.3 Å². The molecule has 2 saturated carbocycles. The van der Waals surface area contributed by atoms with Gasteiger partial charge >= 0.3 is 0 Å². The first-order valence-corrected chi connectivity index (χ1v) is 11.7. The molecule has 3 amide bonds. The van der Waals surface area contributed by atoms with Crippen LogP contribution in [0.25, 0.3) is 0 Å². The van der Waals surface area contributed by atoms with Crippen LogP contribution in [0.15, 0.2) is 53.0 Å². The average molecular weight is 481 g/mol. The van der Waals surface area contributed by atoms with E-state index in [0.29, 0.717) is 23.9 Å². The lowest BCUT2D eigenvalue weighted by Crippen LogP contribution is -2.49. The number of imide groups is 1. The van der Waals surface area contributed by atoms with Crippen molar-refractivity contribution in [3.63, 3.8) is 0 Å². The summed E-state index contributed by atoms with van der Waals surface area (Å²) in [5, 5.41) is 2.97. The first kappa shape index (κ1) is 20.4. The van der Waals surface area contributed by atoms with E-state index in [1.807, 2.05) is 55.5 Å². The zero-order valence-electron chi connectivity index (χ0n) is 17.4. The maximum atomic E-state index is 13.5. The van der Waals surface area contributed by atoms with Gasteiger partial charge in [0.2, 0.25) is 17.7 Å². The summed E-state index contributed by atoms with van der Waals surface area (Å²) in [5.41, 5.74) is 2.52. The molecule has 1 N–H and O–H groups in total. The van der Waals surface area contributed by atoms with E-state index in [2.05, 4.69) is 21.2 Å². The molecule has 3 fully saturated rings. The van der Waals surface area contributed by atoms with Gasteiger partial charge in [0, 0.05) is 16.6 Å². The Labute approximate surface area is 190 Å². The van der Waals surface area contributed by atoms with Gasteiger partial charge in [0.1, 0.15) is 6.04 Å². The van der Waals surface area contributed by atoms with Gasteiger partial charge in [-0.25, -0.2) is 0 Å². The van der Waals surface area contributed by atoms with Crippen LogP contribution in [0.4, 0.5) is 5.69 Å². The molecule has 0 aromatic heterocycles. The van der Waals surface area contributed by atoms with E-state index in [0.717, 1.165) is 34.9 Å². The van der Waals surface area contributed by atoms with Gasteiger partial charge in [-0.3, -0.25) is 19.3 Å². The number of nitrogens with zero attached hydrogens (tertiary/aromatic N) is 1. The second-order valence-corrected chi connectivity index (χ2v) is 10.0. The molecule has 5 rings (SSSR count). The van der Waals surface area contributed by atoms with Gasteiger partial charge in [0.15, 0.2) is 0 Å². The van der Waals surface area contributed by atoms with Crippen molar-refractivity contribution in [2.24, 2.45) is 23.7 Å². The number of amides is 3. The zero-order valence-corrected chi connectivity index (χ0v) is 19.0. The number of likely N-dealkylation sites (tertiary alicyclic amines) is 1. The third-order valence-electron chi connectivity index (χ3n) is 7.29. The van der Waals surface area contributed by atoms with Gasteiger partial charge in [0.05, 0.1) is 11.8 Å². The maximum absolute atomic E-state index is 13.5. The van der Waals surface area contributed by atoms with Gasteiger partial charge < -0.3 is 5.32 Å². The Balaban J connectivity index is 1.46. The third kappa shape index (κ3) is 3.51. The molecule has 2 aromatic carbocycles. The minimum Gasteiger partial charge on any atom is -0.324 e. The summed E-state index contributed by atoms with van der Waals surface area (Å²) in [5.74, 6) is -0.477. The Morgan fingerprint density at radius 3 is 2.32 bits per heavy atom. The second-order valence-electron chi connectivity index (χ2n) is 9.09. The molecule has 2 bridgehead atoms. The highest BCUT2D eigenvalue weighted by molar-refractivity contribution is 9.10. The van der Waals surface area contributed by atoms with Crippen molar-refractivity contribution in [1.82, 2.24) is 4.90 Å². The molecule has 160 valence electrons. The molecular formula is C25H25BrN2O3. The molecule has 1 heterocycles. The minimum atomic E-state index is -0.851. The summed E-state index contributed by atoms with van der Waals surface area (Å²) in [6.07, 6.45) is 3.33. The Morgan fingerprint density at radius 2 is 1.71 bits per heavy atom. The Hall–Kier alpha value is -2.47. The number of halogens is 1. The van der Waals surface area contributed by atoms with Crippen LogP contribution >= 0.6 is 15.9 Å². The fraction of sp³-hybridized carbons (Fsp3) is 0.400. The Kier molecular flexibility index (Phi) is 5.21. The summed E-state index contributed by atoms with van der Waals surface area (Å²) in [6.45, 7) is 1.92. The number of nitrogens with one attached hydrogen (secondary N) is 1. The van der Waals surface area contributed by atoms with E-state index in [1.54, 1.807) is 0 Å². The number of hydrogen-bond donors (Lipinski definition) is 1. The Morgan fingerprint density at radius 1 is 1.06 bits per heavy atom. The van der Waals surface area contributed by atoms with E-state index in [-0.39, 0.29) is 29.6 Å². The molecule has 3 aliphatic rings. The molecule has 31 heavy (non-hydrogen) atoms. The molecule has 1 saturated heterocycles. The zero-order chi connectivity index (χ0) is 21.7. The van der Waals surface area contributed by atoms with Crippen LogP contribution in [-0.4, -0.2) is 28.7 Å². The third-order valence-corrected chi connectivity index (χ3v) is 7.79. The summed E-state index contributed by atoms with van der Waals surface area (Å²) < 4.78 is 0.928.